The Morgan fingerprint density at radius 3 is 2.74 bits per heavy atom. The lowest BCUT2D eigenvalue weighted by Crippen LogP contribution is -2.32. The van der Waals surface area contributed by atoms with E-state index in [0.29, 0.717) is 6.42 Å². The van der Waals surface area contributed by atoms with Crippen molar-refractivity contribution >= 4 is 16.8 Å². The first kappa shape index (κ1) is 15.9. The van der Waals surface area contributed by atoms with Crippen LogP contribution in [0.1, 0.15) is 23.2 Å². The monoisotopic (exact) mass is 311 g/mol. The molecule has 1 aliphatic rings. The van der Waals surface area contributed by atoms with Gasteiger partial charge in [-0.2, -0.15) is 0 Å². The summed E-state index contributed by atoms with van der Waals surface area (Å²) in [5.74, 6) is 0.201. The number of benzene rings is 1. The van der Waals surface area contributed by atoms with Crippen LogP contribution in [0.15, 0.2) is 24.3 Å². The van der Waals surface area contributed by atoms with Crippen molar-refractivity contribution in [2.75, 3.05) is 33.7 Å². The number of nitrogens with zero attached hydrogens (tertiary/aromatic N) is 3. The standard InChI is InChI=1S/C19H25N3O/c1-14-15-6-4-5-7-17(15)20-18-9-12-22(11-8-16(14)18)13-10-19(23)21(2)3/h4-7H,8-13H2,1-3H3. The molecule has 2 aromatic rings. The number of hydrogen-bond acceptors (Lipinski definition) is 3. The Hall–Kier alpha value is -1.94. The molecule has 4 nitrogen and oxygen atoms in total. The third kappa shape index (κ3) is 3.37. The minimum Gasteiger partial charge on any atom is -0.349 e. The highest BCUT2D eigenvalue weighted by atomic mass is 16.2. The summed E-state index contributed by atoms with van der Waals surface area (Å²) < 4.78 is 0. The van der Waals surface area contributed by atoms with E-state index in [4.69, 9.17) is 4.98 Å². The van der Waals surface area contributed by atoms with Crippen LogP contribution in [0.2, 0.25) is 0 Å². The van der Waals surface area contributed by atoms with E-state index >= 15 is 0 Å². The van der Waals surface area contributed by atoms with Gasteiger partial charge < -0.3 is 9.80 Å². The van der Waals surface area contributed by atoms with Gasteiger partial charge in [0.1, 0.15) is 0 Å². The van der Waals surface area contributed by atoms with Crippen molar-refractivity contribution in [3.63, 3.8) is 0 Å². The Morgan fingerprint density at radius 2 is 1.96 bits per heavy atom. The van der Waals surface area contributed by atoms with E-state index in [0.717, 1.165) is 38.0 Å². The van der Waals surface area contributed by atoms with E-state index in [-0.39, 0.29) is 5.91 Å². The minimum absolute atomic E-state index is 0.201. The highest BCUT2D eigenvalue weighted by Gasteiger charge is 2.19. The zero-order valence-electron chi connectivity index (χ0n) is 14.3. The Bertz CT molecular complexity index is 724. The third-order valence-electron chi connectivity index (χ3n) is 4.85. The Labute approximate surface area is 138 Å². The van der Waals surface area contributed by atoms with Gasteiger partial charge in [0.25, 0.3) is 0 Å². The Kier molecular flexibility index (Phi) is 4.62. The number of aromatic nitrogens is 1. The molecule has 0 saturated carbocycles. The van der Waals surface area contributed by atoms with Crippen LogP contribution in [0.25, 0.3) is 10.9 Å². The molecule has 1 aromatic heterocycles. The molecule has 0 atom stereocenters. The molecular weight excluding hydrogens is 286 g/mol. The van der Waals surface area contributed by atoms with Crippen LogP contribution in [-0.4, -0.2) is 54.4 Å². The van der Waals surface area contributed by atoms with Crippen molar-refractivity contribution in [1.82, 2.24) is 14.8 Å². The van der Waals surface area contributed by atoms with E-state index in [1.807, 2.05) is 14.1 Å². The smallest absolute Gasteiger partial charge is 0.223 e. The number of fused-ring (bicyclic) bond motifs is 2. The molecule has 0 N–H and O–H groups in total. The predicted octanol–water partition coefficient (Wildman–Crippen LogP) is 2.42. The van der Waals surface area contributed by atoms with Crippen LogP contribution >= 0.6 is 0 Å². The number of carbonyl (C=O) groups excluding carboxylic acids is 1. The predicted molar refractivity (Wildman–Crippen MR) is 93.6 cm³/mol. The lowest BCUT2D eigenvalue weighted by Gasteiger charge is -2.20. The number of para-hydroxylation sites is 1. The van der Waals surface area contributed by atoms with Crippen molar-refractivity contribution in [2.24, 2.45) is 0 Å². The first-order valence-corrected chi connectivity index (χ1v) is 8.36. The summed E-state index contributed by atoms with van der Waals surface area (Å²) in [6.07, 6.45) is 2.59. The summed E-state index contributed by atoms with van der Waals surface area (Å²) in [6.45, 7) is 5.05. The molecule has 1 aliphatic heterocycles. The number of hydrogen-bond donors (Lipinski definition) is 0. The second-order valence-electron chi connectivity index (χ2n) is 6.56. The number of pyridine rings is 1. The molecule has 0 radical (unpaired) electrons. The van der Waals surface area contributed by atoms with Gasteiger partial charge in [-0.05, 0) is 30.5 Å². The molecule has 3 rings (SSSR count). The normalized spacial score (nSPS) is 15.3. The number of rotatable bonds is 3. The molecule has 0 unspecified atom stereocenters. The van der Waals surface area contributed by atoms with E-state index in [1.165, 1.54) is 22.2 Å². The van der Waals surface area contributed by atoms with Gasteiger partial charge in [0, 0.05) is 57.7 Å². The highest BCUT2D eigenvalue weighted by Crippen LogP contribution is 2.25. The van der Waals surface area contributed by atoms with Gasteiger partial charge in [-0.1, -0.05) is 18.2 Å². The summed E-state index contributed by atoms with van der Waals surface area (Å²) in [5.41, 5.74) is 5.12. The summed E-state index contributed by atoms with van der Waals surface area (Å²) >= 11 is 0. The van der Waals surface area contributed by atoms with E-state index in [9.17, 15) is 4.79 Å². The minimum atomic E-state index is 0.201. The molecule has 0 spiro atoms. The lowest BCUT2D eigenvalue weighted by molar-refractivity contribution is -0.129. The van der Waals surface area contributed by atoms with Crippen molar-refractivity contribution in [1.29, 1.82) is 0 Å². The van der Waals surface area contributed by atoms with Gasteiger partial charge in [-0.15, -0.1) is 0 Å². The van der Waals surface area contributed by atoms with Gasteiger partial charge in [-0.3, -0.25) is 9.78 Å². The van der Waals surface area contributed by atoms with Crippen molar-refractivity contribution in [2.45, 2.75) is 26.2 Å². The van der Waals surface area contributed by atoms with E-state index in [1.54, 1.807) is 4.90 Å². The summed E-state index contributed by atoms with van der Waals surface area (Å²) in [4.78, 5) is 20.7. The topological polar surface area (TPSA) is 36.4 Å². The molecule has 0 fully saturated rings. The molecule has 2 heterocycles. The molecule has 4 heteroatoms. The maximum atomic E-state index is 11.8. The third-order valence-corrected chi connectivity index (χ3v) is 4.85. The Balaban J connectivity index is 1.76. The maximum Gasteiger partial charge on any atom is 0.223 e. The lowest BCUT2D eigenvalue weighted by atomic mass is 9.99. The first-order valence-electron chi connectivity index (χ1n) is 8.36. The van der Waals surface area contributed by atoms with Crippen LogP contribution in [0.4, 0.5) is 0 Å². The zero-order valence-corrected chi connectivity index (χ0v) is 14.3. The largest absolute Gasteiger partial charge is 0.349 e. The molecule has 0 saturated heterocycles. The molecule has 122 valence electrons. The van der Waals surface area contributed by atoms with Crippen LogP contribution in [0.5, 0.6) is 0 Å². The van der Waals surface area contributed by atoms with Crippen molar-refractivity contribution < 1.29 is 4.79 Å². The molecule has 0 aliphatic carbocycles. The Morgan fingerprint density at radius 1 is 1.22 bits per heavy atom. The summed E-state index contributed by atoms with van der Waals surface area (Å²) in [6, 6.07) is 8.40. The van der Waals surface area contributed by atoms with E-state index < -0.39 is 0 Å². The van der Waals surface area contributed by atoms with Gasteiger partial charge in [-0.25, -0.2) is 0 Å². The van der Waals surface area contributed by atoms with E-state index in [2.05, 4.69) is 36.1 Å². The van der Waals surface area contributed by atoms with Gasteiger partial charge >= 0.3 is 0 Å². The second-order valence-corrected chi connectivity index (χ2v) is 6.56. The molecule has 0 bridgehead atoms. The van der Waals surface area contributed by atoms with Crippen LogP contribution < -0.4 is 0 Å². The molecular formula is C19H25N3O. The SMILES string of the molecule is Cc1c2c(nc3ccccc13)CCN(CCC(=O)N(C)C)CC2. The van der Waals surface area contributed by atoms with Crippen LogP contribution in [-0.2, 0) is 17.6 Å². The summed E-state index contributed by atoms with van der Waals surface area (Å²) in [7, 11) is 3.64. The van der Waals surface area contributed by atoms with Gasteiger partial charge in [0.15, 0.2) is 0 Å². The number of amides is 1. The fourth-order valence-electron chi connectivity index (χ4n) is 3.37. The average molecular weight is 311 g/mol. The fourth-order valence-corrected chi connectivity index (χ4v) is 3.37. The van der Waals surface area contributed by atoms with Crippen molar-refractivity contribution in [3.05, 3.63) is 41.1 Å². The number of aryl methyl sites for hydroxylation is 1. The van der Waals surface area contributed by atoms with Crippen LogP contribution in [0, 0.1) is 6.92 Å². The van der Waals surface area contributed by atoms with Crippen LogP contribution in [0.3, 0.4) is 0 Å². The maximum absolute atomic E-state index is 11.8. The quantitative estimate of drug-likeness (QED) is 0.873. The fraction of sp³-hybridized carbons (Fsp3) is 0.474. The van der Waals surface area contributed by atoms with Gasteiger partial charge in [0.2, 0.25) is 5.91 Å². The zero-order chi connectivity index (χ0) is 16.4. The number of carbonyl (C=O) groups is 1. The molecule has 1 aromatic carbocycles. The second kappa shape index (κ2) is 6.67. The first-order chi connectivity index (χ1) is 11.1. The molecule has 23 heavy (non-hydrogen) atoms. The van der Waals surface area contributed by atoms with Gasteiger partial charge in [0.05, 0.1) is 5.52 Å². The highest BCUT2D eigenvalue weighted by molar-refractivity contribution is 5.83. The molecule has 1 amide bonds. The summed E-state index contributed by atoms with van der Waals surface area (Å²) in [5, 5.41) is 1.27. The average Bonchev–Trinajstić information content (AvgIpc) is 2.75. The van der Waals surface area contributed by atoms with Crippen molar-refractivity contribution in [3.8, 4) is 0 Å².